The van der Waals surface area contributed by atoms with Crippen molar-refractivity contribution in [1.82, 2.24) is 10.0 Å². The number of carbonyl (C=O) groups excluding carboxylic acids is 1. The van der Waals surface area contributed by atoms with Crippen LogP contribution in [0.5, 0.6) is 0 Å². The largest absolute Gasteiger partial charge is 0.348 e. The number of hydrogen-bond acceptors (Lipinski definition) is 3. The van der Waals surface area contributed by atoms with Crippen molar-refractivity contribution in [2.24, 2.45) is 5.92 Å². The third-order valence-electron chi connectivity index (χ3n) is 4.09. The van der Waals surface area contributed by atoms with Gasteiger partial charge in [-0.05, 0) is 36.6 Å². The van der Waals surface area contributed by atoms with E-state index in [1.54, 1.807) is 20.8 Å². The molecule has 0 heterocycles. The van der Waals surface area contributed by atoms with Gasteiger partial charge in [-0.25, -0.2) is 12.8 Å². The lowest BCUT2D eigenvalue weighted by Crippen LogP contribution is -2.50. The number of carbonyl (C=O) groups is 1. The quantitative estimate of drug-likeness (QED) is 0.665. The van der Waals surface area contributed by atoms with Gasteiger partial charge in [0, 0.05) is 4.47 Å². The van der Waals surface area contributed by atoms with Crippen molar-refractivity contribution in [1.29, 1.82) is 0 Å². The van der Waals surface area contributed by atoms with Crippen LogP contribution < -0.4 is 10.0 Å². The summed E-state index contributed by atoms with van der Waals surface area (Å²) in [6.45, 7) is 5.25. The first-order valence-electron chi connectivity index (χ1n) is 8.45. The van der Waals surface area contributed by atoms with Gasteiger partial charge in [0.05, 0.1) is 6.04 Å². The number of sulfonamides is 1. The maximum Gasteiger partial charge on any atom is 0.244 e. The number of halogens is 2. The molecular formula is C19H22BrFN2O3S. The first kappa shape index (κ1) is 21.5. The smallest absolute Gasteiger partial charge is 0.244 e. The second-order valence-corrected chi connectivity index (χ2v) is 9.06. The molecule has 2 unspecified atom stereocenters. The Bertz CT molecular complexity index is 919. The monoisotopic (exact) mass is 456 g/mol. The molecule has 0 aromatic heterocycles. The van der Waals surface area contributed by atoms with E-state index in [0.29, 0.717) is 0 Å². The predicted molar refractivity (Wildman–Crippen MR) is 106 cm³/mol. The van der Waals surface area contributed by atoms with Crippen LogP contribution in [0.1, 0.15) is 32.4 Å². The Morgan fingerprint density at radius 2 is 1.63 bits per heavy atom. The number of amides is 1. The van der Waals surface area contributed by atoms with Crippen LogP contribution in [-0.4, -0.2) is 20.4 Å². The van der Waals surface area contributed by atoms with Gasteiger partial charge in [-0.15, -0.1) is 0 Å². The van der Waals surface area contributed by atoms with Gasteiger partial charge in [-0.3, -0.25) is 4.79 Å². The number of benzene rings is 2. The summed E-state index contributed by atoms with van der Waals surface area (Å²) >= 11 is 3.44. The van der Waals surface area contributed by atoms with E-state index >= 15 is 0 Å². The van der Waals surface area contributed by atoms with Crippen molar-refractivity contribution in [3.63, 3.8) is 0 Å². The Labute approximate surface area is 167 Å². The number of nitrogens with one attached hydrogen (secondary N) is 2. The van der Waals surface area contributed by atoms with E-state index in [0.717, 1.165) is 22.2 Å². The van der Waals surface area contributed by atoms with Crippen LogP contribution in [0.2, 0.25) is 0 Å². The van der Waals surface area contributed by atoms with Crippen molar-refractivity contribution >= 4 is 31.9 Å². The SMILES string of the molecule is CC(NC(=O)C(NS(=O)(=O)c1ccccc1F)C(C)C)c1ccccc1Br. The minimum atomic E-state index is -4.18. The maximum atomic E-state index is 13.9. The molecule has 5 nitrogen and oxygen atoms in total. The first-order chi connectivity index (χ1) is 12.6. The normalized spacial score (nSPS) is 14.0. The average Bonchev–Trinajstić information content (AvgIpc) is 2.60. The zero-order chi connectivity index (χ0) is 20.2. The molecule has 0 saturated heterocycles. The lowest BCUT2D eigenvalue weighted by atomic mass is 10.0. The van der Waals surface area contributed by atoms with Gasteiger partial charge >= 0.3 is 0 Å². The van der Waals surface area contributed by atoms with Crippen molar-refractivity contribution in [3.05, 3.63) is 64.4 Å². The van der Waals surface area contributed by atoms with Gasteiger partial charge in [-0.1, -0.05) is 60.1 Å². The van der Waals surface area contributed by atoms with Crippen LogP contribution in [0.25, 0.3) is 0 Å². The molecule has 0 aliphatic heterocycles. The van der Waals surface area contributed by atoms with E-state index < -0.39 is 32.7 Å². The van der Waals surface area contributed by atoms with E-state index in [-0.39, 0.29) is 12.0 Å². The highest BCUT2D eigenvalue weighted by atomic mass is 79.9. The van der Waals surface area contributed by atoms with Gasteiger partial charge in [0.1, 0.15) is 16.8 Å². The Balaban J connectivity index is 2.21. The van der Waals surface area contributed by atoms with Gasteiger partial charge in [0.15, 0.2) is 0 Å². The lowest BCUT2D eigenvalue weighted by molar-refractivity contribution is -0.124. The standard InChI is InChI=1S/C19H22BrFN2O3S/c1-12(2)18(23-27(25,26)17-11-7-6-10-16(17)21)19(24)22-13(3)14-8-4-5-9-15(14)20/h4-13,18,23H,1-3H3,(H,22,24). The molecule has 146 valence electrons. The Morgan fingerprint density at radius 1 is 1.04 bits per heavy atom. The average molecular weight is 457 g/mol. The molecule has 2 atom stereocenters. The molecule has 2 aromatic rings. The van der Waals surface area contributed by atoms with Crippen LogP contribution >= 0.6 is 15.9 Å². The summed E-state index contributed by atoms with van der Waals surface area (Å²) in [6, 6.07) is 11.1. The highest BCUT2D eigenvalue weighted by molar-refractivity contribution is 9.10. The van der Waals surface area contributed by atoms with Gasteiger partial charge in [-0.2, -0.15) is 4.72 Å². The molecule has 0 aliphatic carbocycles. The third kappa shape index (κ3) is 5.37. The summed E-state index contributed by atoms with van der Waals surface area (Å²) in [4.78, 5) is 12.2. The Morgan fingerprint density at radius 3 is 2.22 bits per heavy atom. The van der Waals surface area contributed by atoms with Crippen LogP contribution in [0.4, 0.5) is 4.39 Å². The van der Waals surface area contributed by atoms with E-state index in [1.807, 2.05) is 24.3 Å². The molecular weight excluding hydrogens is 435 g/mol. The van der Waals surface area contributed by atoms with Crippen molar-refractivity contribution in [3.8, 4) is 0 Å². The Hall–Kier alpha value is -1.77. The van der Waals surface area contributed by atoms with Crippen LogP contribution in [-0.2, 0) is 14.8 Å². The van der Waals surface area contributed by atoms with Crippen molar-refractivity contribution < 1.29 is 17.6 Å². The Kier molecular flexibility index (Phi) is 7.13. The van der Waals surface area contributed by atoms with Gasteiger partial charge in [0.2, 0.25) is 15.9 Å². The summed E-state index contributed by atoms with van der Waals surface area (Å²) in [7, 11) is -4.18. The van der Waals surface area contributed by atoms with Gasteiger partial charge in [0.25, 0.3) is 0 Å². The van der Waals surface area contributed by atoms with E-state index in [4.69, 9.17) is 0 Å². The summed E-state index contributed by atoms with van der Waals surface area (Å²) in [5.41, 5.74) is 0.866. The second-order valence-electron chi connectivity index (χ2n) is 6.53. The van der Waals surface area contributed by atoms with Crippen LogP contribution in [0.15, 0.2) is 57.9 Å². The molecule has 0 saturated carbocycles. The number of hydrogen-bond donors (Lipinski definition) is 2. The summed E-state index contributed by atoms with van der Waals surface area (Å²) in [6.07, 6.45) is 0. The molecule has 0 radical (unpaired) electrons. The number of rotatable bonds is 7. The lowest BCUT2D eigenvalue weighted by Gasteiger charge is -2.24. The summed E-state index contributed by atoms with van der Waals surface area (Å²) in [5, 5.41) is 2.82. The minimum Gasteiger partial charge on any atom is -0.348 e. The zero-order valence-electron chi connectivity index (χ0n) is 15.2. The molecule has 2 rings (SSSR count). The molecule has 0 spiro atoms. The molecule has 8 heteroatoms. The fourth-order valence-corrected chi connectivity index (χ4v) is 4.64. The minimum absolute atomic E-state index is 0.335. The van der Waals surface area contributed by atoms with E-state index in [2.05, 4.69) is 26.0 Å². The first-order valence-corrected chi connectivity index (χ1v) is 10.7. The van der Waals surface area contributed by atoms with E-state index in [1.165, 1.54) is 12.1 Å². The molecule has 0 bridgehead atoms. The highest BCUT2D eigenvalue weighted by Crippen LogP contribution is 2.23. The summed E-state index contributed by atoms with van der Waals surface area (Å²) in [5.74, 6) is -1.68. The molecule has 2 N–H and O–H groups in total. The topological polar surface area (TPSA) is 75.3 Å². The van der Waals surface area contributed by atoms with Crippen LogP contribution in [0, 0.1) is 11.7 Å². The third-order valence-corrected chi connectivity index (χ3v) is 6.28. The molecule has 2 aromatic carbocycles. The maximum absolute atomic E-state index is 13.9. The molecule has 0 fully saturated rings. The second kappa shape index (κ2) is 8.95. The fraction of sp³-hybridized carbons (Fsp3) is 0.316. The predicted octanol–water partition coefficient (Wildman–Crippen LogP) is 3.77. The van der Waals surface area contributed by atoms with Crippen molar-refractivity contribution in [2.45, 2.75) is 37.8 Å². The fourth-order valence-electron chi connectivity index (χ4n) is 2.59. The molecule has 27 heavy (non-hydrogen) atoms. The highest BCUT2D eigenvalue weighted by Gasteiger charge is 2.30. The zero-order valence-corrected chi connectivity index (χ0v) is 17.6. The summed E-state index contributed by atoms with van der Waals surface area (Å²) < 4.78 is 42.1. The van der Waals surface area contributed by atoms with E-state index in [9.17, 15) is 17.6 Å². The van der Waals surface area contributed by atoms with Crippen molar-refractivity contribution in [2.75, 3.05) is 0 Å². The van der Waals surface area contributed by atoms with Crippen LogP contribution in [0.3, 0.4) is 0 Å². The molecule has 0 aliphatic rings. The molecule has 1 amide bonds. The van der Waals surface area contributed by atoms with Gasteiger partial charge < -0.3 is 5.32 Å².